The van der Waals surface area contributed by atoms with Gasteiger partial charge in [0.05, 0.1) is 0 Å². The molecule has 0 aliphatic carbocycles. The summed E-state index contributed by atoms with van der Waals surface area (Å²) in [7, 11) is 0. The van der Waals surface area contributed by atoms with Crippen LogP contribution in [0.4, 0.5) is 5.82 Å². The number of rotatable bonds is 4. The second-order valence-corrected chi connectivity index (χ2v) is 5.94. The highest BCUT2D eigenvalue weighted by molar-refractivity contribution is 6.29. The van der Waals surface area contributed by atoms with Gasteiger partial charge in [-0.05, 0) is 44.9 Å². The first-order chi connectivity index (χ1) is 9.45. The van der Waals surface area contributed by atoms with Crippen molar-refractivity contribution in [1.29, 1.82) is 0 Å². The molecule has 0 bridgehead atoms. The first-order valence-electron chi connectivity index (χ1n) is 6.91. The summed E-state index contributed by atoms with van der Waals surface area (Å²) >= 11 is 5.80. The van der Waals surface area contributed by atoms with E-state index in [2.05, 4.69) is 29.0 Å². The van der Waals surface area contributed by atoms with Gasteiger partial charge >= 0.3 is 0 Å². The summed E-state index contributed by atoms with van der Waals surface area (Å²) in [4.78, 5) is 18.3. The van der Waals surface area contributed by atoms with E-state index >= 15 is 0 Å². The van der Waals surface area contributed by atoms with Gasteiger partial charge in [-0.3, -0.25) is 4.79 Å². The lowest BCUT2D eigenvalue weighted by Crippen LogP contribution is -2.33. The molecule has 0 radical (unpaired) electrons. The summed E-state index contributed by atoms with van der Waals surface area (Å²) in [6.07, 6.45) is 1.12. The maximum Gasteiger partial charge on any atom is 0.251 e. The molecule has 1 aliphatic heterocycles. The van der Waals surface area contributed by atoms with Crippen LogP contribution in [0, 0.1) is 5.92 Å². The minimum absolute atomic E-state index is 0.149. The number of halogens is 1. The van der Waals surface area contributed by atoms with E-state index in [4.69, 9.17) is 17.3 Å². The highest BCUT2D eigenvalue weighted by atomic mass is 35.5. The summed E-state index contributed by atoms with van der Waals surface area (Å²) in [5.74, 6) is 0.620. The first kappa shape index (κ1) is 15.1. The molecule has 1 unspecified atom stereocenters. The van der Waals surface area contributed by atoms with Gasteiger partial charge in [-0.15, -0.1) is 0 Å². The van der Waals surface area contributed by atoms with Crippen molar-refractivity contribution in [1.82, 2.24) is 15.2 Å². The quantitative estimate of drug-likeness (QED) is 0.831. The fourth-order valence-electron chi connectivity index (χ4n) is 2.49. The first-order valence-corrected chi connectivity index (χ1v) is 7.29. The standard InChI is InChI=1S/C14H21ClN4O/c1-9(2)19-4-3-10(8-19)7-17-14(20)11-5-12(15)18-13(16)6-11/h5-6,9-10H,3-4,7-8H2,1-2H3,(H2,16,18)(H,17,20). The van der Waals surface area contributed by atoms with Crippen LogP contribution in [0.3, 0.4) is 0 Å². The molecule has 2 heterocycles. The molecule has 1 atom stereocenters. The van der Waals surface area contributed by atoms with Gasteiger partial charge in [0.2, 0.25) is 0 Å². The Hall–Kier alpha value is -1.33. The number of hydrogen-bond acceptors (Lipinski definition) is 4. The van der Waals surface area contributed by atoms with Crippen molar-refractivity contribution in [2.24, 2.45) is 5.92 Å². The Morgan fingerprint density at radius 1 is 1.60 bits per heavy atom. The van der Waals surface area contributed by atoms with Gasteiger partial charge in [0.1, 0.15) is 11.0 Å². The fourth-order valence-corrected chi connectivity index (χ4v) is 2.70. The zero-order chi connectivity index (χ0) is 14.7. The van der Waals surface area contributed by atoms with Gasteiger partial charge in [-0.25, -0.2) is 4.98 Å². The van der Waals surface area contributed by atoms with E-state index in [1.54, 1.807) is 0 Å². The lowest BCUT2D eigenvalue weighted by molar-refractivity contribution is 0.0947. The summed E-state index contributed by atoms with van der Waals surface area (Å²) in [5.41, 5.74) is 6.04. The zero-order valence-electron chi connectivity index (χ0n) is 11.9. The molecule has 20 heavy (non-hydrogen) atoms. The van der Waals surface area contributed by atoms with Crippen molar-refractivity contribution in [3.63, 3.8) is 0 Å². The van der Waals surface area contributed by atoms with Crippen molar-refractivity contribution in [2.45, 2.75) is 26.3 Å². The van der Waals surface area contributed by atoms with Crippen molar-refractivity contribution in [3.8, 4) is 0 Å². The Morgan fingerprint density at radius 2 is 2.35 bits per heavy atom. The van der Waals surface area contributed by atoms with E-state index < -0.39 is 0 Å². The number of nitrogens with two attached hydrogens (primary N) is 1. The molecule has 0 saturated carbocycles. The Balaban J connectivity index is 1.87. The zero-order valence-corrected chi connectivity index (χ0v) is 12.7. The van der Waals surface area contributed by atoms with Crippen LogP contribution in [0.1, 0.15) is 30.6 Å². The van der Waals surface area contributed by atoms with Gasteiger partial charge in [-0.1, -0.05) is 11.6 Å². The summed E-state index contributed by atoms with van der Waals surface area (Å²) in [6, 6.07) is 3.63. The van der Waals surface area contributed by atoms with Gasteiger partial charge in [0, 0.05) is 24.7 Å². The number of anilines is 1. The van der Waals surface area contributed by atoms with E-state index in [1.807, 2.05) is 0 Å². The molecule has 0 spiro atoms. The lowest BCUT2D eigenvalue weighted by atomic mass is 10.1. The van der Waals surface area contributed by atoms with Crippen LogP contribution in [-0.4, -0.2) is 41.5 Å². The maximum atomic E-state index is 12.1. The largest absolute Gasteiger partial charge is 0.384 e. The molecule has 1 amide bonds. The molecule has 1 fully saturated rings. The van der Waals surface area contributed by atoms with Crippen LogP contribution < -0.4 is 11.1 Å². The summed E-state index contributed by atoms with van der Waals surface area (Å²) in [5, 5.41) is 3.19. The highest BCUT2D eigenvalue weighted by Crippen LogP contribution is 2.18. The van der Waals surface area contributed by atoms with Crippen LogP contribution >= 0.6 is 11.6 Å². The SMILES string of the molecule is CC(C)N1CCC(CNC(=O)c2cc(N)nc(Cl)c2)C1. The number of aromatic nitrogens is 1. The van der Waals surface area contributed by atoms with E-state index in [1.165, 1.54) is 12.1 Å². The third-order valence-corrected chi connectivity index (χ3v) is 3.87. The minimum atomic E-state index is -0.149. The Labute approximate surface area is 124 Å². The predicted octanol–water partition coefficient (Wildman–Crippen LogP) is 1.78. The smallest absolute Gasteiger partial charge is 0.251 e. The van der Waals surface area contributed by atoms with Crippen molar-refractivity contribution < 1.29 is 4.79 Å². The number of likely N-dealkylation sites (tertiary alicyclic amines) is 1. The normalized spacial score (nSPS) is 19.5. The monoisotopic (exact) mass is 296 g/mol. The van der Waals surface area contributed by atoms with Crippen molar-refractivity contribution >= 4 is 23.3 Å². The average Bonchev–Trinajstić information content (AvgIpc) is 2.83. The second kappa shape index (κ2) is 6.41. The van der Waals surface area contributed by atoms with Crippen LogP contribution in [0.2, 0.25) is 5.15 Å². The maximum absolute atomic E-state index is 12.1. The van der Waals surface area contributed by atoms with Gasteiger partial charge in [0.25, 0.3) is 5.91 Å². The van der Waals surface area contributed by atoms with E-state index in [-0.39, 0.29) is 16.9 Å². The number of nitrogens with zero attached hydrogens (tertiary/aromatic N) is 2. The van der Waals surface area contributed by atoms with E-state index in [0.717, 1.165) is 19.5 Å². The fraction of sp³-hybridized carbons (Fsp3) is 0.571. The lowest BCUT2D eigenvalue weighted by Gasteiger charge is -2.20. The molecule has 3 N–H and O–H groups in total. The number of nitrogens with one attached hydrogen (secondary N) is 1. The topological polar surface area (TPSA) is 71.2 Å². The highest BCUT2D eigenvalue weighted by Gasteiger charge is 2.24. The Kier molecular flexibility index (Phi) is 4.83. The van der Waals surface area contributed by atoms with Crippen LogP contribution in [0.25, 0.3) is 0 Å². The molecule has 1 aromatic heterocycles. The number of carbonyl (C=O) groups excluding carboxylic acids is 1. The van der Waals surface area contributed by atoms with Crippen LogP contribution in [0.5, 0.6) is 0 Å². The van der Waals surface area contributed by atoms with Gasteiger partial charge < -0.3 is 16.0 Å². The van der Waals surface area contributed by atoms with Gasteiger partial charge in [-0.2, -0.15) is 0 Å². The van der Waals surface area contributed by atoms with Crippen LogP contribution in [-0.2, 0) is 0 Å². The number of carbonyl (C=O) groups is 1. The molecular formula is C14H21ClN4O. The van der Waals surface area contributed by atoms with Crippen LogP contribution in [0.15, 0.2) is 12.1 Å². The second-order valence-electron chi connectivity index (χ2n) is 5.56. The molecule has 6 heteroatoms. The Morgan fingerprint density at radius 3 is 2.95 bits per heavy atom. The number of amides is 1. The van der Waals surface area contributed by atoms with E-state index in [9.17, 15) is 4.79 Å². The number of hydrogen-bond donors (Lipinski definition) is 2. The number of nitrogen functional groups attached to an aromatic ring is 1. The van der Waals surface area contributed by atoms with Gasteiger partial charge in [0.15, 0.2) is 0 Å². The number of pyridine rings is 1. The minimum Gasteiger partial charge on any atom is -0.384 e. The third kappa shape index (κ3) is 3.84. The molecule has 5 nitrogen and oxygen atoms in total. The molecule has 1 aliphatic rings. The summed E-state index contributed by atoms with van der Waals surface area (Å²) in [6.45, 7) is 7.22. The molecular weight excluding hydrogens is 276 g/mol. The van der Waals surface area contributed by atoms with Crippen molar-refractivity contribution in [3.05, 3.63) is 22.8 Å². The molecule has 1 aromatic rings. The molecule has 110 valence electrons. The van der Waals surface area contributed by atoms with Crippen molar-refractivity contribution in [2.75, 3.05) is 25.4 Å². The molecule has 1 saturated heterocycles. The molecule has 2 rings (SSSR count). The average molecular weight is 297 g/mol. The third-order valence-electron chi connectivity index (χ3n) is 3.67. The molecule has 0 aromatic carbocycles. The van der Waals surface area contributed by atoms with E-state index in [0.29, 0.717) is 24.1 Å². The Bertz CT molecular complexity index is 472. The predicted molar refractivity (Wildman–Crippen MR) is 80.8 cm³/mol. The summed E-state index contributed by atoms with van der Waals surface area (Å²) < 4.78 is 0.